The number of hydrogen-bond acceptors (Lipinski definition) is 1. The van der Waals surface area contributed by atoms with Crippen LogP contribution in [0.25, 0.3) is 10.9 Å². The van der Waals surface area contributed by atoms with Crippen LogP contribution >= 0.6 is 34.8 Å². The van der Waals surface area contributed by atoms with Crippen LogP contribution in [0.5, 0.6) is 0 Å². The number of halogens is 3. The molecule has 2 aromatic rings. The van der Waals surface area contributed by atoms with Crippen molar-refractivity contribution in [1.82, 2.24) is 4.98 Å². The molecule has 1 nitrogen and oxygen atoms in total. The predicted molar refractivity (Wildman–Crippen MR) is 68.8 cm³/mol. The fourth-order valence-corrected chi connectivity index (χ4v) is 3.12. The van der Waals surface area contributed by atoms with Gasteiger partial charge in [-0.2, -0.15) is 0 Å². The van der Waals surface area contributed by atoms with Gasteiger partial charge >= 0.3 is 0 Å². The molecule has 0 saturated heterocycles. The normalized spacial score (nSPS) is 14.4. The molecule has 0 N–H and O–H groups in total. The Labute approximate surface area is 108 Å². The molecule has 0 aliphatic heterocycles. The molecule has 1 heterocycles. The van der Waals surface area contributed by atoms with Crippen molar-refractivity contribution in [3.05, 3.63) is 38.5 Å². The molecule has 0 bridgehead atoms. The van der Waals surface area contributed by atoms with Crippen LogP contribution in [0, 0.1) is 0 Å². The Morgan fingerprint density at radius 3 is 2.56 bits per heavy atom. The smallest absolute Gasteiger partial charge is 0.0921 e. The van der Waals surface area contributed by atoms with E-state index in [0.29, 0.717) is 10.0 Å². The highest BCUT2D eigenvalue weighted by Crippen LogP contribution is 2.39. The van der Waals surface area contributed by atoms with Crippen LogP contribution in [0.1, 0.15) is 17.7 Å². The van der Waals surface area contributed by atoms with E-state index in [9.17, 15) is 0 Å². The van der Waals surface area contributed by atoms with Gasteiger partial charge in [0.2, 0.25) is 0 Å². The first-order valence-corrected chi connectivity index (χ1v) is 6.27. The van der Waals surface area contributed by atoms with Crippen molar-refractivity contribution in [2.24, 2.45) is 0 Å². The van der Waals surface area contributed by atoms with Gasteiger partial charge in [-0.05, 0) is 37.0 Å². The Balaban J connectivity index is 2.50. The average Bonchev–Trinajstić information content (AvgIpc) is 2.72. The average molecular weight is 273 g/mol. The second-order valence-corrected chi connectivity index (χ2v) is 5.15. The van der Waals surface area contributed by atoms with Crippen molar-refractivity contribution in [2.75, 3.05) is 0 Å². The maximum atomic E-state index is 6.38. The first kappa shape index (κ1) is 10.6. The van der Waals surface area contributed by atoms with E-state index in [0.717, 1.165) is 46.4 Å². The van der Waals surface area contributed by atoms with Crippen molar-refractivity contribution in [2.45, 2.75) is 19.3 Å². The molecule has 1 aliphatic rings. The molecular weight excluding hydrogens is 264 g/mol. The molecule has 0 atom stereocenters. The second kappa shape index (κ2) is 3.76. The van der Waals surface area contributed by atoms with Gasteiger partial charge < -0.3 is 0 Å². The van der Waals surface area contributed by atoms with E-state index < -0.39 is 0 Å². The van der Waals surface area contributed by atoms with E-state index in [2.05, 4.69) is 4.98 Å². The lowest BCUT2D eigenvalue weighted by atomic mass is 10.1. The molecule has 4 heteroatoms. The molecule has 0 unspecified atom stereocenters. The van der Waals surface area contributed by atoms with Crippen molar-refractivity contribution in [3.8, 4) is 0 Å². The van der Waals surface area contributed by atoms with E-state index in [4.69, 9.17) is 34.8 Å². The van der Waals surface area contributed by atoms with E-state index in [-0.39, 0.29) is 0 Å². The highest BCUT2D eigenvalue weighted by atomic mass is 35.5. The van der Waals surface area contributed by atoms with Crippen LogP contribution in [0.15, 0.2) is 12.1 Å². The lowest BCUT2D eigenvalue weighted by Crippen LogP contribution is -1.93. The molecule has 1 aromatic heterocycles. The molecule has 0 saturated carbocycles. The molecule has 16 heavy (non-hydrogen) atoms. The third kappa shape index (κ3) is 1.42. The molecule has 3 rings (SSSR count). The Kier molecular flexibility index (Phi) is 2.50. The van der Waals surface area contributed by atoms with Gasteiger partial charge in [0.05, 0.1) is 20.6 Å². The molecule has 0 fully saturated rings. The Hall–Kier alpha value is -0.500. The fourth-order valence-electron chi connectivity index (χ4n) is 2.23. The van der Waals surface area contributed by atoms with Gasteiger partial charge in [-0.15, -0.1) is 0 Å². The van der Waals surface area contributed by atoms with Crippen molar-refractivity contribution < 1.29 is 0 Å². The van der Waals surface area contributed by atoms with Gasteiger partial charge in [-0.1, -0.05) is 34.8 Å². The van der Waals surface area contributed by atoms with Gasteiger partial charge in [0.15, 0.2) is 0 Å². The molecular formula is C12H8Cl3N. The summed E-state index contributed by atoms with van der Waals surface area (Å²) in [6.45, 7) is 0. The third-order valence-corrected chi connectivity index (χ3v) is 4.03. The highest BCUT2D eigenvalue weighted by Gasteiger charge is 2.20. The topological polar surface area (TPSA) is 12.9 Å². The number of aromatic nitrogens is 1. The molecule has 1 aromatic carbocycles. The van der Waals surface area contributed by atoms with Crippen molar-refractivity contribution in [3.63, 3.8) is 0 Å². The number of pyridine rings is 1. The van der Waals surface area contributed by atoms with E-state index in [1.54, 1.807) is 12.1 Å². The first-order valence-electron chi connectivity index (χ1n) is 5.13. The summed E-state index contributed by atoms with van der Waals surface area (Å²) in [6.07, 6.45) is 3.07. The van der Waals surface area contributed by atoms with Gasteiger partial charge in [-0.25, -0.2) is 0 Å². The van der Waals surface area contributed by atoms with E-state index >= 15 is 0 Å². The van der Waals surface area contributed by atoms with Crippen LogP contribution < -0.4 is 0 Å². The quantitative estimate of drug-likeness (QED) is 0.678. The number of rotatable bonds is 0. The minimum absolute atomic E-state index is 0.607. The second-order valence-electron chi connectivity index (χ2n) is 3.96. The fraction of sp³-hybridized carbons (Fsp3) is 0.250. The van der Waals surface area contributed by atoms with Gasteiger partial charge in [0.1, 0.15) is 0 Å². The maximum absolute atomic E-state index is 6.38. The Morgan fingerprint density at radius 1 is 1.00 bits per heavy atom. The van der Waals surface area contributed by atoms with Gasteiger partial charge in [-0.3, -0.25) is 4.98 Å². The summed E-state index contributed by atoms with van der Waals surface area (Å²) in [5, 5.41) is 2.74. The van der Waals surface area contributed by atoms with E-state index in [1.165, 1.54) is 0 Å². The zero-order chi connectivity index (χ0) is 11.3. The molecule has 82 valence electrons. The lowest BCUT2D eigenvalue weighted by Gasteiger charge is -2.09. The van der Waals surface area contributed by atoms with Crippen LogP contribution in [0.2, 0.25) is 15.1 Å². The van der Waals surface area contributed by atoms with Gasteiger partial charge in [0, 0.05) is 11.1 Å². The summed E-state index contributed by atoms with van der Waals surface area (Å²) in [6, 6.07) is 3.53. The summed E-state index contributed by atoms with van der Waals surface area (Å²) in [4.78, 5) is 4.58. The van der Waals surface area contributed by atoms with Crippen LogP contribution in [0.3, 0.4) is 0 Å². The zero-order valence-corrected chi connectivity index (χ0v) is 10.6. The van der Waals surface area contributed by atoms with E-state index in [1.807, 2.05) is 0 Å². The number of aryl methyl sites for hydroxylation is 1. The SMILES string of the molecule is Clc1ccc(Cl)c2c(Cl)c3c(nc12)CCC3. The lowest BCUT2D eigenvalue weighted by molar-refractivity contribution is 0.901. The molecule has 0 spiro atoms. The molecule has 0 amide bonds. The van der Waals surface area contributed by atoms with Gasteiger partial charge in [0.25, 0.3) is 0 Å². The van der Waals surface area contributed by atoms with Crippen LogP contribution in [0.4, 0.5) is 0 Å². The summed E-state index contributed by atoms with van der Waals surface area (Å²) >= 11 is 18.7. The maximum Gasteiger partial charge on any atom is 0.0921 e. The number of fused-ring (bicyclic) bond motifs is 2. The monoisotopic (exact) mass is 271 g/mol. The zero-order valence-electron chi connectivity index (χ0n) is 8.36. The van der Waals surface area contributed by atoms with Crippen molar-refractivity contribution in [1.29, 1.82) is 0 Å². The summed E-state index contributed by atoms with van der Waals surface area (Å²) in [5.41, 5.74) is 2.93. The van der Waals surface area contributed by atoms with Crippen LogP contribution in [-0.4, -0.2) is 4.98 Å². The summed E-state index contributed by atoms with van der Waals surface area (Å²) in [7, 11) is 0. The number of benzene rings is 1. The van der Waals surface area contributed by atoms with Crippen LogP contribution in [-0.2, 0) is 12.8 Å². The number of nitrogens with zero attached hydrogens (tertiary/aromatic N) is 1. The minimum atomic E-state index is 0.607. The minimum Gasteiger partial charge on any atom is -0.251 e. The Bertz CT molecular complexity index is 593. The third-order valence-electron chi connectivity index (χ3n) is 3.00. The largest absolute Gasteiger partial charge is 0.251 e. The standard InChI is InChI=1S/C12H8Cl3N/c13-7-4-5-8(14)12-10(7)11(15)6-2-1-3-9(6)16-12/h4-5H,1-3H2. The summed E-state index contributed by atoms with van der Waals surface area (Å²) < 4.78 is 0. The molecule has 0 radical (unpaired) electrons. The highest BCUT2D eigenvalue weighted by molar-refractivity contribution is 6.45. The molecule has 1 aliphatic carbocycles. The summed E-state index contributed by atoms with van der Waals surface area (Å²) in [5.74, 6) is 0. The predicted octanol–water partition coefficient (Wildman–Crippen LogP) is 4.68. The number of hydrogen-bond donors (Lipinski definition) is 0. The Morgan fingerprint density at radius 2 is 1.75 bits per heavy atom. The van der Waals surface area contributed by atoms with Crippen molar-refractivity contribution >= 4 is 45.7 Å². The first-order chi connectivity index (χ1) is 7.68.